The van der Waals surface area contributed by atoms with E-state index in [1.54, 1.807) is 0 Å². The number of aliphatic hydroxyl groups is 1. The Kier molecular flexibility index (Phi) is 3.04. The van der Waals surface area contributed by atoms with Crippen molar-refractivity contribution in [2.45, 2.75) is 20.0 Å². The van der Waals surface area contributed by atoms with Crippen LogP contribution in [0.1, 0.15) is 13.8 Å². The first-order valence-corrected chi connectivity index (χ1v) is 5.24. The van der Waals surface area contributed by atoms with Gasteiger partial charge < -0.3 is 5.11 Å². The molecule has 1 saturated heterocycles. The number of rotatable bonds is 2. The molecule has 1 fully saturated rings. The van der Waals surface area contributed by atoms with Gasteiger partial charge in [-0.3, -0.25) is 0 Å². The van der Waals surface area contributed by atoms with E-state index in [0.29, 0.717) is 12.3 Å². The Bertz CT molecular complexity index is 153. The van der Waals surface area contributed by atoms with Crippen LogP contribution in [0.2, 0.25) is 0 Å². The van der Waals surface area contributed by atoms with E-state index in [2.05, 4.69) is 0 Å². The highest BCUT2D eigenvalue weighted by Gasteiger charge is 2.30. The van der Waals surface area contributed by atoms with Crippen LogP contribution in [0, 0.1) is 5.92 Å². The fourth-order valence-electron chi connectivity index (χ4n) is 1.25. The molecule has 0 saturated carbocycles. The van der Waals surface area contributed by atoms with Gasteiger partial charge in [-0.15, -0.1) is 0 Å². The van der Waals surface area contributed by atoms with Crippen LogP contribution >= 0.6 is 0 Å². The zero-order chi connectivity index (χ0) is 8.43. The lowest BCUT2D eigenvalue weighted by Gasteiger charge is -2.11. The molecule has 0 aliphatic carbocycles. The molecule has 0 aromatic rings. The fourth-order valence-corrected chi connectivity index (χ4v) is 2.34. The monoisotopic (exact) mass is 177 g/mol. The van der Waals surface area contributed by atoms with Gasteiger partial charge >= 0.3 is 0 Å². The van der Waals surface area contributed by atoms with Crippen LogP contribution in [0.25, 0.3) is 0 Å². The predicted molar refractivity (Wildman–Crippen MR) is 45.4 cm³/mol. The molecule has 0 bridgehead atoms. The van der Waals surface area contributed by atoms with Crippen LogP contribution in [-0.4, -0.2) is 38.6 Å². The van der Waals surface area contributed by atoms with Gasteiger partial charge in [0.05, 0.1) is 17.1 Å². The summed E-state index contributed by atoms with van der Waals surface area (Å²) in [5.41, 5.74) is 0. The van der Waals surface area contributed by atoms with E-state index in [0.717, 1.165) is 6.54 Å². The van der Waals surface area contributed by atoms with Crippen molar-refractivity contribution in [3.05, 3.63) is 0 Å². The van der Waals surface area contributed by atoms with Gasteiger partial charge in [0, 0.05) is 18.8 Å². The molecule has 3 nitrogen and oxygen atoms in total. The van der Waals surface area contributed by atoms with Crippen LogP contribution < -0.4 is 0 Å². The maximum absolute atomic E-state index is 11.2. The van der Waals surface area contributed by atoms with Crippen LogP contribution in [0.3, 0.4) is 0 Å². The first-order chi connectivity index (χ1) is 5.15. The second-order valence-corrected chi connectivity index (χ2v) is 4.74. The molecule has 1 rings (SSSR count). The van der Waals surface area contributed by atoms with E-state index >= 15 is 0 Å². The van der Waals surface area contributed by atoms with E-state index < -0.39 is 11.0 Å². The summed E-state index contributed by atoms with van der Waals surface area (Å²) in [7, 11) is -0.870. The minimum atomic E-state index is -0.870. The van der Waals surface area contributed by atoms with Gasteiger partial charge in [0.25, 0.3) is 0 Å². The standard InChI is InChI=1S/C7H15NO2S/c1-3-11(10)8-4-6(2)7(9)5-8/h6-7,9H,3-5H2,1-2H3. The van der Waals surface area contributed by atoms with Crippen molar-refractivity contribution in [1.82, 2.24) is 4.31 Å². The second-order valence-electron chi connectivity index (χ2n) is 3.00. The molecule has 1 aliphatic rings. The van der Waals surface area contributed by atoms with Crippen molar-refractivity contribution >= 4 is 11.0 Å². The zero-order valence-corrected chi connectivity index (χ0v) is 7.80. The summed E-state index contributed by atoms with van der Waals surface area (Å²) in [6.45, 7) is 5.21. The molecule has 0 aromatic carbocycles. The van der Waals surface area contributed by atoms with E-state index in [-0.39, 0.29) is 12.0 Å². The topological polar surface area (TPSA) is 40.5 Å². The Morgan fingerprint density at radius 2 is 2.27 bits per heavy atom. The highest BCUT2D eigenvalue weighted by molar-refractivity contribution is 7.82. The van der Waals surface area contributed by atoms with Crippen molar-refractivity contribution < 1.29 is 9.32 Å². The molecule has 1 heterocycles. The number of aliphatic hydroxyl groups excluding tert-OH is 1. The number of hydrogen-bond acceptors (Lipinski definition) is 2. The lowest BCUT2D eigenvalue weighted by molar-refractivity contribution is 0.153. The summed E-state index contributed by atoms with van der Waals surface area (Å²) >= 11 is 0. The van der Waals surface area contributed by atoms with Gasteiger partial charge in [0.15, 0.2) is 0 Å². The summed E-state index contributed by atoms with van der Waals surface area (Å²) in [6, 6.07) is 0. The first-order valence-electron chi connectivity index (χ1n) is 3.96. The third-order valence-electron chi connectivity index (χ3n) is 2.07. The third-order valence-corrected chi connectivity index (χ3v) is 3.44. The largest absolute Gasteiger partial charge is 0.391 e. The maximum Gasteiger partial charge on any atom is 0.0940 e. The normalized spacial score (nSPS) is 35.9. The van der Waals surface area contributed by atoms with Gasteiger partial charge in [0.1, 0.15) is 0 Å². The third kappa shape index (κ3) is 2.01. The molecule has 3 atom stereocenters. The van der Waals surface area contributed by atoms with Crippen LogP contribution in [0.5, 0.6) is 0 Å². The molecule has 0 aromatic heterocycles. The number of hydrogen-bond donors (Lipinski definition) is 1. The highest BCUT2D eigenvalue weighted by atomic mass is 32.2. The maximum atomic E-state index is 11.2. The van der Waals surface area contributed by atoms with Gasteiger partial charge in [0.2, 0.25) is 0 Å². The minimum absolute atomic E-state index is 0.269. The van der Waals surface area contributed by atoms with Crippen LogP contribution in [0.15, 0.2) is 0 Å². The lowest BCUT2D eigenvalue weighted by Crippen LogP contribution is -2.25. The molecule has 1 N–H and O–H groups in total. The first kappa shape index (κ1) is 9.16. The van der Waals surface area contributed by atoms with Crippen LogP contribution in [-0.2, 0) is 11.0 Å². The summed E-state index contributed by atoms with van der Waals surface area (Å²) in [6.07, 6.45) is -0.287. The Balaban J connectivity index is 2.46. The van der Waals surface area contributed by atoms with Crippen molar-refractivity contribution in [2.24, 2.45) is 5.92 Å². The number of β-amino-alcohol motifs (C(OH)–C–C–N with tert-alkyl or cyclic N) is 1. The highest BCUT2D eigenvalue weighted by Crippen LogP contribution is 2.17. The number of nitrogens with zero attached hydrogens (tertiary/aromatic N) is 1. The van der Waals surface area contributed by atoms with Crippen molar-refractivity contribution in [2.75, 3.05) is 18.8 Å². The van der Waals surface area contributed by atoms with Gasteiger partial charge in [-0.25, -0.2) is 8.51 Å². The predicted octanol–water partition coefficient (Wildman–Crippen LogP) is -0.0174. The zero-order valence-electron chi connectivity index (χ0n) is 6.99. The van der Waals surface area contributed by atoms with Gasteiger partial charge in [-0.2, -0.15) is 0 Å². The summed E-state index contributed by atoms with van der Waals surface area (Å²) in [5.74, 6) is 0.921. The fraction of sp³-hybridized carbons (Fsp3) is 1.00. The molecule has 1 aliphatic heterocycles. The van der Waals surface area contributed by atoms with Crippen molar-refractivity contribution in [3.8, 4) is 0 Å². The molecule has 3 unspecified atom stereocenters. The Morgan fingerprint density at radius 1 is 1.64 bits per heavy atom. The van der Waals surface area contributed by atoms with E-state index in [1.165, 1.54) is 0 Å². The van der Waals surface area contributed by atoms with Crippen LogP contribution in [0.4, 0.5) is 0 Å². The van der Waals surface area contributed by atoms with E-state index in [1.807, 2.05) is 18.2 Å². The molecule has 0 amide bonds. The molecular formula is C7H15NO2S. The quantitative estimate of drug-likeness (QED) is 0.644. The SMILES string of the molecule is CCS(=O)N1CC(C)C(O)C1. The van der Waals surface area contributed by atoms with E-state index in [9.17, 15) is 9.32 Å². The van der Waals surface area contributed by atoms with Crippen molar-refractivity contribution in [3.63, 3.8) is 0 Å². The Morgan fingerprint density at radius 3 is 2.64 bits per heavy atom. The van der Waals surface area contributed by atoms with Gasteiger partial charge in [-0.1, -0.05) is 13.8 Å². The molecular weight excluding hydrogens is 162 g/mol. The summed E-state index contributed by atoms with van der Waals surface area (Å²) < 4.78 is 13.1. The molecule has 11 heavy (non-hydrogen) atoms. The average Bonchev–Trinajstić information content (AvgIpc) is 2.31. The Hall–Kier alpha value is 0.0700. The summed E-state index contributed by atoms with van der Waals surface area (Å²) in [5, 5.41) is 9.34. The van der Waals surface area contributed by atoms with E-state index in [4.69, 9.17) is 0 Å². The van der Waals surface area contributed by atoms with Crippen molar-refractivity contribution in [1.29, 1.82) is 0 Å². The summed E-state index contributed by atoms with van der Waals surface area (Å²) in [4.78, 5) is 0. The second kappa shape index (κ2) is 3.65. The molecule has 0 radical (unpaired) electrons. The minimum Gasteiger partial charge on any atom is -0.391 e. The Labute approximate surface area is 70.0 Å². The van der Waals surface area contributed by atoms with Gasteiger partial charge in [-0.05, 0) is 5.92 Å². The lowest BCUT2D eigenvalue weighted by atomic mass is 10.1. The molecule has 66 valence electrons. The molecule has 4 heteroatoms. The average molecular weight is 177 g/mol. The molecule has 0 spiro atoms. The smallest absolute Gasteiger partial charge is 0.0940 e.